The maximum Gasteiger partial charge on any atom is 0.0367 e. The van der Waals surface area contributed by atoms with Crippen LogP contribution in [0.15, 0.2) is 36.7 Å². The van der Waals surface area contributed by atoms with Crippen LogP contribution in [0.4, 0.5) is 0 Å². The molecule has 0 radical (unpaired) electrons. The molecule has 0 saturated heterocycles. The molecular formula is C16H22N2. The third-order valence-corrected chi connectivity index (χ3v) is 3.92. The van der Waals surface area contributed by atoms with E-state index in [1.807, 2.05) is 19.4 Å². The van der Waals surface area contributed by atoms with Gasteiger partial charge in [-0.25, -0.2) is 0 Å². The molecule has 0 fully saturated rings. The van der Waals surface area contributed by atoms with E-state index < -0.39 is 0 Å². The van der Waals surface area contributed by atoms with E-state index in [0.29, 0.717) is 17.9 Å². The summed E-state index contributed by atoms with van der Waals surface area (Å²) in [5.41, 5.74) is 1.30. The van der Waals surface area contributed by atoms with E-state index in [0.717, 1.165) is 0 Å². The molecule has 96 valence electrons. The van der Waals surface area contributed by atoms with Crippen LogP contribution in [0, 0.1) is 11.8 Å². The number of nitrogens with zero attached hydrogens (tertiary/aromatic N) is 1. The molecule has 2 atom stereocenters. The van der Waals surface area contributed by atoms with E-state index in [9.17, 15) is 0 Å². The largest absolute Gasteiger partial charge is 0.313 e. The Labute approximate surface area is 109 Å². The van der Waals surface area contributed by atoms with Gasteiger partial charge in [0.05, 0.1) is 0 Å². The first-order valence-electron chi connectivity index (χ1n) is 6.65. The highest BCUT2D eigenvalue weighted by atomic mass is 14.9. The van der Waals surface area contributed by atoms with E-state index in [1.165, 1.54) is 16.3 Å². The van der Waals surface area contributed by atoms with Crippen LogP contribution in [0.3, 0.4) is 0 Å². The summed E-state index contributed by atoms with van der Waals surface area (Å²) < 4.78 is 0. The molecule has 2 nitrogen and oxygen atoms in total. The number of hydrogen-bond donors (Lipinski definition) is 1. The topological polar surface area (TPSA) is 24.9 Å². The third-order valence-electron chi connectivity index (χ3n) is 3.92. The molecule has 0 spiro atoms. The fourth-order valence-corrected chi connectivity index (χ4v) is 2.47. The smallest absolute Gasteiger partial charge is 0.0367 e. The van der Waals surface area contributed by atoms with Gasteiger partial charge in [0.2, 0.25) is 0 Å². The van der Waals surface area contributed by atoms with Crippen LogP contribution in [0.5, 0.6) is 0 Å². The molecule has 2 unspecified atom stereocenters. The molecular weight excluding hydrogens is 220 g/mol. The normalized spacial score (nSPS) is 14.9. The lowest BCUT2D eigenvalue weighted by atomic mass is 9.85. The summed E-state index contributed by atoms with van der Waals surface area (Å²) in [7, 11) is 2.03. The molecule has 1 N–H and O–H groups in total. The Bertz CT molecular complexity index is 514. The van der Waals surface area contributed by atoms with Crippen LogP contribution in [0.25, 0.3) is 10.8 Å². The summed E-state index contributed by atoms with van der Waals surface area (Å²) in [5.74, 6) is 1.21. The number of aromatic nitrogens is 1. The SMILES string of the molecule is CNC(c1cncc2ccccc12)C(C)C(C)C. The minimum atomic E-state index is 0.351. The van der Waals surface area contributed by atoms with E-state index in [-0.39, 0.29) is 0 Å². The predicted molar refractivity (Wildman–Crippen MR) is 77.5 cm³/mol. The minimum absolute atomic E-state index is 0.351. The molecule has 0 aliphatic carbocycles. The van der Waals surface area contributed by atoms with Crippen LogP contribution in [-0.2, 0) is 0 Å². The van der Waals surface area contributed by atoms with Gasteiger partial charge in [0, 0.05) is 23.8 Å². The molecule has 1 aromatic heterocycles. The number of pyridine rings is 1. The van der Waals surface area contributed by atoms with E-state index in [1.54, 1.807) is 0 Å². The van der Waals surface area contributed by atoms with E-state index in [2.05, 4.69) is 55.3 Å². The van der Waals surface area contributed by atoms with Gasteiger partial charge < -0.3 is 5.32 Å². The first-order valence-corrected chi connectivity index (χ1v) is 6.65. The van der Waals surface area contributed by atoms with Crippen molar-refractivity contribution in [1.29, 1.82) is 0 Å². The van der Waals surface area contributed by atoms with Crippen molar-refractivity contribution < 1.29 is 0 Å². The molecule has 2 rings (SSSR count). The Balaban J connectivity index is 2.51. The number of fused-ring (bicyclic) bond motifs is 1. The van der Waals surface area contributed by atoms with Gasteiger partial charge in [-0.05, 0) is 29.8 Å². The monoisotopic (exact) mass is 242 g/mol. The molecule has 18 heavy (non-hydrogen) atoms. The van der Waals surface area contributed by atoms with Gasteiger partial charge in [-0.2, -0.15) is 0 Å². The average Bonchev–Trinajstić information content (AvgIpc) is 2.39. The Morgan fingerprint density at radius 3 is 2.44 bits per heavy atom. The van der Waals surface area contributed by atoms with Crippen molar-refractivity contribution in [3.63, 3.8) is 0 Å². The van der Waals surface area contributed by atoms with Crippen molar-refractivity contribution in [1.82, 2.24) is 10.3 Å². The Kier molecular flexibility index (Phi) is 3.97. The lowest BCUT2D eigenvalue weighted by molar-refractivity contribution is 0.318. The molecule has 0 saturated carbocycles. The first-order chi connectivity index (χ1) is 8.65. The van der Waals surface area contributed by atoms with Crippen LogP contribution in [0.1, 0.15) is 32.4 Å². The highest BCUT2D eigenvalue weighted by molar-refractivity contribution is 5.85. The van der Waals surface area contributed by atoms with E-state index in [4.69, 9.17) is 0 Å². The highest BCUT2D eigenvalue weighted by Gasteiger charge is 2.22. The molecule has 1 aromatic carbocycles. The molecule has 0 amide bonds. The van der Waals surface area contributed by atoms with Crippen molar-refractivity contribution in [3.8, 4) is 0 Å². The van der Waals surface area contributed by atoms with Crippen molar-refractivity contribution in [2.75, 3.05) is 7.05 Å². The summed E-state index contributed by atoms with van der Waals surface area (Å²) >= 11 is 0. The van der Waals surface area contributed by atoms with Crippen LogP contribution in [-0.4, -0.2) is 12.0 Å². The van der Waals surface area contributed by atoms with Gasteiger partial charge >= 0.3 is 0 Å². The summed E-state index contributed by atoms with van der Waals surface area (Å²) in [5, 5.41) is 5.97. The van der Waals surface area contributed by atoms with Crippen LogP contribution >= 0.6 is 0 Å². The molecule has 2 heteroatoms. The maximum atomic E-state index is 4.38. The number of nitrogens with one attached hydrogen (secondary N) is 1. The Hall–Kier alpha value is -1.41. The van der Waals surface area contributed by atoms with Crippen LogP contribution in [0.2, 0.25) is 0 Å². The summed E-state index contributed by atoms with van der Waals surface area (Å²) in [6.45, 7) is 6.84. The number of benzene rings is 1. The van der Waals surface area contributed by atoms with Crippen molar-refractivity contribution >= 4 is 10.8 Å². The maximum absolute atomic E-state index is 4.38. The average molecular weight is 242 g/mol. The Morgan fingerprint density at radius 2 is 1.78 bits per heavy atom. The quantitative estimate of drug-likeness (QED) is 0.882. The van der Waals surface area contributed by atoms with Crippen LogP contribution < -0.4 is 5.32 Å². The van der Waals surface area contributed by atoms with E-state index >= 15 is 0 Å². The fourth-order valence-electron chi connectivity index (χ4n) is 2.47. The first kappa shape index (κ1) is 13.0. The summed E-state index contributed by atoms with van der Waals surface area (Å²) in [6.07, 6.45) is 3.94. The predicted octanol–water partition coefficient (Wildman–Crippen LogP) is 3.79. The van der Waals surface area contributed by atoms with Gasteiger partial charge in [0.15, 0.2) is 0 Å². The molecule has 1 heterocycles. The minimum Gasteiger partial charge on any atom is -0.313 e. The van der Waals surface area contributed by atoms with Gasteiger partial charge in [0.25, 0.3) is 0 Å². The standard InChI is InChI=1S/C16H22N2/c1-11(2)12(3)16(17-4)15-10-18-9-13-7-5-6-8-14(13)15/h5-12,16-17H,1-4H3. The molecule has 0 aliphatic rings. The van der Waals surface area contributed by atoms with Crippen molar-refractivity contribution in [2.24, 2.45) is 11.8 Å². The van der Waals surface area contributed by atoms with Crippen molar-refractivity contribution in [3.05, 3.63) is 42.2 Å². The number of hydrogen-bond acceptors (Lipinski definition) is 2. The zero-order valence-electron chi connectivity index (χ0n) is 11.6. The molecule has 0 bridgehead atoms. The highest BCUT2D eigenvalue weighted by Crippen LogP contribution is 2.31. The van der Waals surface area contributed by atoms with Gasteiger partial charge in [-0.3, -0.25) is 4.98 Å². The second-order valence-electron chi connectivity index (χ2n) is 5.32. The third kappa shape index (κ3) is 2.39. The summed E-state index contributed by atoms with van der Waals surface area (Å²) in [6, 6.07) is 8.82. The summed E-state index contributed by atoms with van der Waals surface area (Å²) in [4.78, 5) is 4.38. The van der Waals surface area contributed by atoms with Gasteiger partial charge in [0.1, 0.15) is 0 Å². The van der Waals surface area contributed by atoms with Crippen molar-refractivity contribution in [2.45, 2.75) is 26.8 Å². The zero-order chi connectivity index (χ0) is 13.1. The lowest BCUT2D eigenvalue weighted by Gasteiger charge is -2.27. The fraction of sp³-hybridized carbons (Fsp3) is 0.438. The zero-order valence-corrected chi connectivity index (χ0v) is 11.6. The second-order valence-corrected chi connectivity index (χ2v) is 5.32. The van der Waals surface area contributed by atoms with Gasteiger partial charge in [-0.1, -0.05) is 45.0 Å². The lowest BCUT2D eigenvalue weighted by Crippen LogP contribution is -2.27. The Morgan fingerprint density at radius 1 is 1.06 bits per heavy atom. The second kappa shape index (κ2) is 5.49. The van der Waals surface area contributed by atoms with Gasteiger partial charge in [-0.15, -0.1) is 0 Å². The molecule has 2 aromatic rings. The molecule has 0 aliphatic heterocycles. The number of rotatable bonds is 4.